The third kappa shape index (κ3) is 2.19. The van der Waals surface area contributed by atoms with Crippen LogP contribution < -0.4 is 4.74 Å². The van der Waals surface area contributed by atoms with Crippen molar-refractivity contribution in [1.29, 1.82) is 0 Å². The molecule has 0 amide bonds. The zero-order valence-corrected chi connectivity index (χ0v) is 12.8. The topological polar surface area (TPSA) is 46.5 Å². The highest BCUT2D eigenvalue weighted by molar-refractivity contribution is 5.83. The maximum Gasteiger partial charge on any atom is 0.314 e. The summed E-state index contributed by atoms with van der Waals surface area (Å²) >= 11 is 0. The van der Waals surface area contributed by atoms with E-state index in [4.69, 9.17) is 4.74 Å². The molecule has 0 spiro atoms. The van der Waals surface area contributed by atoms with Crippen molar-refractivity contribution in [3.8, 4) is 5.75 Å². The molecule has 3 nitrogen and oxygen atoms in total. The van der Waals surface area contributed by atoms with Gasteiger partial charge in [-0.15, -0.1) is 0 Å². The van der Waals surface area contributed by atoms with Crippen LogP contribution in [-0.4, -0.2) is 18.2 Å². The minimum absolute atomic E-state index is 0.0461. The summed E-state index contributed by atoms with van der Waals surface area (Å²) in [4.78, 5) is 11.7. The van der Waals surface area contributed by atoms with Gasteiger partial charge in [-0.25, -0.2) is 0 Å². The third-order valence-electron chi connectivity index (χ3n) is 5.00. The average molecular weight is 276 g/mol. The molecule has 0 unspecified atom stereocenters. The summed E-state index contributed by atoms with van der Waals surface area (Å²) in [6.45, 7) is 6.53. The number of methoxy groups -OCH3 is 1. The number of benzene rings is 1. The van der Waals surface area contributed by atoms with E-state index in [9.17, 15) is 9.90 Å². The van der Waals surface area contributed by atoms with Crippen LogP contribution >= 0.6 is 0 Å². The summed E-state index contributed by atoms with van der Waals surface area (Å²) in [5.41, 5.74) is 1.33. The predicted molar refractivity (Wildman–Crippen MR) is 79.5 cm³/mol. The van der Waals surface area contributed by atoms with Gasteiger partial charge in [0.05, 0.1) is 12.5 Å². The summed E-state index contributed by atoms with van der Waals surface area (Å²) in [5.74, 6) is -0.0312. The van der Waals surface area contributed by atoms with Crippen molar-refractivity contribution >= 4 is 5.97 Å². The van der Waals surface area contributed by atoms with Crippen molar-refractivity contribution in [2.45, 2.75) is 57.3 Å². The highest BCUT2D eigenvalue weighted by Gasteiger charge is 2.48. The average Bonchev–Trinajstić information content (AvgIpc) is 2.37. The second-order valence-electron chi connectivity index (χ2n) is 6.39. The molecule has 1 fully saturated rings. The Morgan fingerprint density at radius 3 is 2.45 bits per heavy atom. The quantitative estimate of drug-likeness (QED) is 0.887. The molecule has 0 bridgehead atoms. The van der Waals surface area contributed by atoms with E-state index in [1.54, 1.807) is 7.11 Å². The van der Waals surface area contributed by atoms with Crippen LogP contribution in [0.2, 0.25) is 0 Å². The smallest absolute Gasteiger partial charge is 0.314 e. The van der Waals surface area contributed by atoms with Crippen molar-refractivity contribution in [2.75, 3.05) is 7.11 Å². The first-order valence-electron chi connectivity index (χ1n) is 7.30. The number of aliphatic carboxylic acids is 1. The molecule has 0 radical (unpaired) electrons. The van der Waals surface area contributed by atoms with Crippen LogP contribution in [-0.2, 0) is 15.6 Å². The molecule has 1 N–H and O–H groups in total. The Morgan fingerprint density at radius 1 is 1.40 bits per heavy atom. The lowest BCUT2D eigenvalue weighted by Gasteiger charge is -2.39. The van der Waals surface area contributed by atoms with Gasteiger partial charge in [-0.3, -0.25) is 4.79 Å². The second kappa shape index (κ2) is 5.12. The Kier molecular flexibility index (Phi) is 3.81. The number of hydrogen-bond donors (Lipinski definition) is 1. The van der Waals surface area contributed by atoms with Gasteiger partial charge >= 0.3 is 5.97 Å². The van der Waals surface area contributed by atoms with Crippen LogP contribution in [0.25, 0.3) is 0 Å². The van der Waals surface area contributed by atoms with Gasteiger partial charge in [0.1, 0.15) is 5.75 Å². The molecule has 3 heteroatoms. The van der Waals surface area contributed by atoms with Crippen LogP contribution in [0.3, 0.4) is 0 Å². The number of carbonyl (C=O) groups is 1. The third-order valence-corrected chi connectivity index (χ3v) is 5.00. The molecular weight excluding hydrogens is 252 g/mol. The minimum atomic E-state index is -0.745. The van der Waals surface area contributed by atoms with E-state index in [2.05, 4.69) is 32.9 Å². The number of carboxylic acid groups (broad SMARTS) is 1. The van der Waals surface area contributed by atoms with Gasteiger partial charge in [0.25, 0.3) is 0 Å². The molecule has 0 saturated heterocycles. The summed E-state index contributed by atoms with van der Waals surface area (Å²) < 4.78 is 5.42. The highest BCUT2D eigenvalue weighted by atomic mass is 16.5. The van der Waals surface area contributed by atoms with E-state index in [-0.39, 0.29) is 5.41 Å². The SMILES string of the molecule is CCC(C)(C)c1ccc(OC)c(C2(C(=O)O)CCC2)c1. The molecule has 1 aliphatic rings. The first-order chi connectivity index (χ1) is 9.37. The van der Waals surface area contributed by atoms with Crippen LogP contribution in [0.15, 0.2) is 18.2 Å². The van der Waals surface area contributed by atoms with Gasteiger partial charge in [-0.1, -0.05) is 39.3 Å². The van der Waals surface area contributed by atoms with Crippen molar-refractivity contribution in [1.82, 2.24) is 0 Å². The summed E-state index contributed by atoms with van der Waals surface area (Å²) in [6.07, 6.45) is 3.39. The van der Waals surface area contributed by atoms with Crippen molar-refractivity contribution < 1.29 is 14.6 Å². The zero-order valence-electron chi connectivity index (χ0n) is 12.8. The molecule has 2 rings (SSSR count). The molecular formula is C17H24O3. The molecule has 20 heavy (non-hydrogen) atoms. The zero-order chi connectivity index (χ0) is 15.0. The Hall–Kier alpha value is -1.51. The molecule has 0 aromatic heterocycles. The van der Waals surface area contributed by atoms with Gasteiger partial charge in [0, 0.05) is 5.56 Å². The fourth-order valence-corrected chi connectivity index (χ4v) is 2.84. The predicted octanol–water partition coefficient (Wildman–Crippen LogP) is 3.89. The Balaban J connectivity index is 2.56. The van der Waals surface area contributed by atoms with Gasteiger partial charge in [-0.05, 0) is 36.3 Å². The molecule has 1 saturated carbocycles. The number of hydrogen-bond acceptors (Lipinski definition) is 2. The fourth-order valence-electron chi connectivity index (χ4n) is 2.84. The lowest BCUT2D eigenvalue weighted by Crippen LogP contribution is -2.42. The lowest BCUT2D eigenvalue weighted by atomic mass is 9.63. The van der Waals surface area contributed by atoms with Crippen molar-refractivity contribution in [3.63, 3.8) is 0 Å². The largest absolute Gasteiger partial charge is 0.496 e. The number of carboxylic acids is 1. The van der Waals surface area contributed by atoms with E-state index in [1.165, 1.54) is 5.56 Å². The monoisotopic (exact) mass is 276 g/mol. The summed E-state index contributed by atoms with van der Waals surface area (Å²) in [5, 5.41) is 9.65. The summed E-state index contributed by atoms with van der Waals surface area (Å²) in [7, 11) is 1.61. The van der Waals surface area contributed by atoms with Crippen molar-refractivity contribution in [3.05, 3.63) is 29.3 Å². The Morgan fingerprint density at radius 2 is 2.05 bits per heavy atom. The van der Waals surface area contributed by atoms with Gasteiger partial charge in [-0.2, -0.15) is 0 Å². The maximum absolute atomic E-state index is 11.7. The van der Waals surface area contributed by atoms with E-state index in [0.717, 1.165) is 18.4 Å². The number of rotatable bonds is 5. The van der Waals surface area contributed by atoms with E-state index >= 15 is 0 Å². The lowest BCUT2D eigenvalue weighted by molar-refractivity contribution is -0.147. The molecule has 1 aliphatic carbocycles. The van der Waals surface area contributed by atoms with E-state index in [1.807, 2.05) is 6.07 Å². The Labute approximate surface area is 121 Å². The van der Waals surface area contributed by atoms with E-state index in [0.29, 0.717) is 18.6 Å². The van der Waals surface area contributed by atoms with Crippen LogP contribution in [0.1, 0.15) is 57.6 Å². The van der Waals surface area contributed by atoms with Crippen molar-refractivity contribution in [2.24, 2.45) is 0 Å². The normalized spacial score (nSPS) is 17.4. The van der Waals surface area contributed by atoms with Crippen LogP contribution in [0.5, 0.6) is 5.75 Å². The van der Waals surface area contributed by atoms with Crippen LogP contribution in [0.4, 0.5) is 0 Å². The Bertz CT molecular complexity index is 513. The van der Waals surface area contributed by atoms with Gasteiger partial charge in [0.15, 0.2) is 0 Å². The molecule has 0 atom stereocenters. The maximum atomic E-state index is 11.7. The first-order valence-corrected chi connectivity index (χ1v) is 7.30. The molecule has 110 valence electrons. The molecule has 0 heterocycles. The highest BCUT2D eigenvalue weighted by Crippen LogP contribution is 2.48. The number of ether oxygens (including phenoxy) is 1. The van der Waals surface area contributed by atoms with Gasteiger partial charge in [0.2, 0.25) is 0 Å². The fraction of sp³-hybridized carbons (Fsp3) is 0.588. The van der Waals surface area contributed by atoms with Crippen LogP contribution in [0, 0.1) is 0 Å². The first kappa shape index (κ1) is 14.9. The molecule has 1 aromatic rings. The summed E-state index contributed by atoms with van der Waals surface area (Å²) in [6, 6.07) is 6.03. The second-order valence-corrected chi connectivity index (χ2v) is 6.39. The van der Waals surface area contributed by atoms with E-state index < -0.39 is 11.4 Å². The van der Waals surface area contributed by atoms with Gasteiger partial charge < -0.3 is 9.84 Å². The standard InChI is InChI=1S/C17H24O3/c1-5-16(2,3)12-7-8-14(20-4)13(11-12)17(15(18)19)9-6-10-17/h7-8,11H,5-6,9-10H2,1-4H3,(H,18,19). The molecule has 1 aromatic carbocycles. The minimum Gasteiger partial charge on any atom is -0.496 e. The molecule has 0 aliphatic heterocycles.